The van der Waals surface area contributed by atoms with Crippen LogP contribution in [0.3, 0.4) is 0 Å². The smallest absolute Gasteiger partial charge is 0.119 e. The lowest BCUT2D eigenvalue weighted by atomic mass is 9.74. The van der Waals surface area contributed by atoms with Crippen molar-refractivity contribution in [3.63, 3.8) is 0 Å². The average Bonchev–Trinajstić information content (AvgIpc) is 2.67. The lowest BCUT2D eigenvalue weighted by Crippen LogP contribution is -2.44. The summed E-state index contributed by atoms with van der Waals surface area (Å²) in [6.07, 6.45) is 3.22. The highest BCUT2D eigenvalue weighted by Gasteiger charge is 2.34. The Morgan fingerprint density at radius 2 is 1.85 bits per heavy atom. The van der Waals surface area contributed by atoms with E-state index in [2.05, 4.69) is 55.1 Å². The van der Waals surface area contributed by atoms with Crippen LogP contribution >= 0.6 is 0 Å². The zero-order valence-electron chi connectivity index (χ0n) is 17.3. The summed E-state index contributed by atoms with van der Waals surface area (Å²) in [6.45, 7) is 9.58. The number of hydrogen-bond donors (Lipinski definition) is 0. The van der Waals surface area contributed by atoms with Crippen molar-refractivity contribution in [1.82, 2.24) is 9.80 Å². The molecule has 3 rings (SSSR count). The van der Waals surface area contributed by atoms with Crippen molar-refractivity contribution < 1.29 is 14.2 Å². The Morgan fingerprint density at radius 3 is 2.52 bits per heavy atom. The predicted molar refractivity (Wildman–Crippen MR) is 109 cm³/mol. The third-order valence-corrected chi connectivity index (χ3v) is 5.90. The number of rotatable bonds is 8. The molecule has 1 aromatic carbocycles. The standard InChI is InChI=1S/C22H36N2O3/c1-19-17-26-16-12-24(19)11-4-13-27-21-7-5-20(6-8-21)22(18-23(2)3)9-14-25-15-10-22/h5-8,19H,4,9-18H2,1-3H3/t19-/m1/s1. The molecule has 0 N–H and O–H groups in total. The van der Waals surface area contributed by atoms with Crippen molar-refractivity contribution in [3.8, 4) is 5.75 Å². The van der Waals surface area contributed by atoms with Gasteiger partial charge in [0.05, 0.1) is 19.8 Å². The normalized spacial score (nSPS) is 23.5. The van der Waals surface area contributed by atoms with Gasteiger partial charge in [-0.25, -0.2) is 0 Å². The van der Waals surface area contributed by atoms with Crippen LogP contribution in [0.25, 0.3) is 0 Å². The number of morpholine rings is 1. The van der Waals surface area contributed by atoms with E-state index in [4.69, 9.17) is 14.2 Å². The highest BCUT2D eigenvalue weighted by Crippen LogP contribution is 2.36. The molecule has 0 amide bonds. The van der Waals surface area contributed by atoms with E-state index in [1.165, 1.54) is 5.56 Å². The van der Waals surface area contributed by atoms with Crippen LogP contribution in [0.1, 0.15) is 31.7 Å². The van der Waals surface area contributed by atoms with Gasteiger partial charge in [-0.1, -0.05) is 12.1 Å². The van der Waals surface area contributed by atoms with Crippen LogP contribution in [0, 0.1) is 0 Å². The Morgan fingerprint density at radius 1 is 1.11 bits per heavy atom. The molecule has 5 heteroatoms. The summed E-state index contributed by atoms with van der Waals surface area (Å²) in [7, 11) is 4.31. The fraction of sp³-hybridized carbons (Fsp3) is 0.727. The Hall–Kier alpha value is -1.14. The van der Waals surface area contributed by atoms with Crippen molar-refractivity contribution in [3.05, 3.63) is 29.8 Å². The van der Waals surface area contributed by atoms with E-state index >= 15 is 0 Å². The quantitative estimate of drug-likeness (QED) is 0.652. The molecule has 27 heavy (non-hydrogen) atoms. The van der Waals surface area contributed by atoms with Gasteiger partial charge in [-0.15, -0.1) is 0 Å². The highest BCUT2D eigenvalue weighted by molar-refractivity contribution is 5.33. The minimum Gasteiger partial charge on any atom is -0.494 e. The van der Waals surface area contributed by atoms with E-state index in [0.717, 1.165) is 77.7 Å². The summed E-state index contributed by atoms with van der Waals surface area (Å²) in [5, 5.41) is 0. The fourth-order valence-electron chi connectivity index (χ4n) is 4.36. The lowest BCUT2D eigenvalue weighted by Gasteiger charge is -2.39. The first-order valence-electron chi connectivity index (χ1n) is 10.4. The summed E-state index contributed by atoms with van der Waals surface area (Å²) in [6, 6.07) is 9.31. The second kappa shape index (κ2) is 9.87. The van der Waals surface area contributed by atoms with Gasteiger partial charge in [0.25, 0.3) is 0 Å². The molecule has 2 saturated heterocycles. The third kappa shape index (κ3) is 5.67. The predicted octanol–water partition coefficient (Wildman–Crippen LogP) is 2.79. The first-order valence-corrected chi connectivity index (χ1v) is 10.4. The topological polar surface area (TPSA) is 34.2 Å². The van der Waals surface area contributed by atoms with E-state index in [0.29, 0.717) is 6.04 Å². The molecule has 1 aromatic rings. The molecule has 0 spiro atoms. The van der Waals surface area contributed by atoms with Crippen LogP contribution < -0.4 is 4.74 Å². The zero-order chi connectivity index (χ0) is 19.1. The molecule has 0 saturated carbocycles. The molecular weight excluding hydrogens is 340 g/mol. The maximum absolute atomic E-state index is 6.00. The van der Waals surface area contributed by atoms with E-state index < -0.39 is 0 Å². The maximum Gasteiger partial charge on any atom is 0.119 e. The molecule has 5 nitrogen and oxygen atoms in total. The van der Waals surface area contributed by atoms with Crippen molar-refractivity contribution in [2.24, 2.45) is 0 Å². The summed E-state index contributed by atoms with van der Waals surface area (Å²) in [5.41, 5.74) is 1.61. The molecule has 2 aliphatic heterocycles. The average molecular weight is 377 g/mol. The van der Waals surface area contributed by atoms with Gasteiger partial charge in [-0.3, -0.25) is 4.90 Å². The number of likely N-dealkylation sites (N-methyl/N-ethyl adjacent to an activating group) is 1. The monoisotopic (exact) mass is 376 g/mol. The van der Waals surface area contributed by atoms with Crippen LogP contribution in [-0.2, 0) is 14.9 Å². The highest BCUT2D eigenvalue weighted by atomic mass is 16.5. The van der Waals surface area contributed by atoms with Crippen molar-refractivity contribution in [2.75, 3.05) is 66.8 Å². The van der Waals surface area contributed by atoms with Gasteiger partial charge in [0.1, 0.15) is 5.75 Å². The number of hydrogen-bond acceptors (Lipinski definition) is 5. The van der Waals surface area contributed by atoms with Crippen molar-refractivity contribution >= 4 is 0 Å². The Balaban J connectivity index is 1.50. The molecule has 1 atom stereocenters. The second-order valence-corrected chi connectivity index (χ2v) is 8.32. The molecule has 2 aliphatic rings. The van der Waals surface area contributed by atoms with Crippen LogP contribution in [0.4, 0.5) is 0 Å². The van der Waals surface area contributed by atoms with Crippen LogP contribution in [0.5, 0.6) is 5.75 Å². The Kier molecular flexibility index (Phi) is 7.53. The molecule has 0 unspecified atom stereocenters. The SMILES string of the molecule is C[C@@H]1COCCN1CCCOc1ccc(C2(CN(C)C)CCOCC2)cc1. The minimum absolute atomic E-state index is 0.201. The van der Waals surface area contributed by atoms with E-state index in [1.807, 2.05) is 0 Å². The first-order chi connectivity index (χ1) is 13.1. The third-order valence-electron chi connectivity index (χ3n) is 5.90. The zero-order valence-corrected chi connectivity index (χ0v) is 17.3. The molecule has 0 radical (unpaired) electrons. The second-order valence-electron chi connectivity index (χ2n) is 8.32. The summed E-state index contributed by atoms with van der Waals surface area (Å²) in [5.74, 6) is 0.973. The van der Waals surface area contributed by atoms with Crippen LogP contribution in [0.2, 0.25) is 0 Å². The van der Waals surface area contributed by atoms with E-state index in [1.54, 1.807) is 0 Å². The number of ether oxygens (including phenoxy) is 3. The van der Waals surface area contributed by atoms with Gasteiger partial charge in [0, 0.05) is 44.3 Å². The lowest BCUT2D eigenvalue weighted by molar-refractivity contribution is -0.00201. The van der Waals surface area contributed by atoms with E-state index in [9.17, 15) is 0 Å². The van der Waals surface area contributed by atoms with Gasteiger partial charge >= 0.3 is 0 Å². The molecule has 152 valence electrons. The summed E-state index contributed by atoms with van der Waals surface area (Å²) < 4.78 is 17.1. The fourth-order valence-corrected chi connectivity index (χ4v) is 4.36. The summed E-state index contributed by atoms with van der Waals surface area (Å²) >= 11 is 0. The van der Waals surface area contributed by atoms with Gasteiger partial charge in [-0.05, 0) is 58.0 Å². The summed E-state index contributed by atoms with van der Waals surface area (Å²) in [4.78, 5) is 4.79. The van der Waals surface area contributed by atoms with Gasteiger partial charge in [0.2, 0.25) is 0 Å². The van der Waals surface area contributed by atoms with E-state index in [-0.39, 0.29) is 5.41 Å². The molecule has 0 aliphatic carbocycles. The molecular formula is C22H36N2O3. The first kappa shape index (κ1) is 20.6. The minimum atomic E-state index is 0.201. The Bertz CT molecular complexity index is 555. The molecule has 2 fully saturated rings. The maximum atomic E-state index is 6.00. The number of benzene rings is 1. The van der Waals surface area contributed by atoms with Gasteiger partial charge in [-0.2, -0.15) is 0 Å². The molecule has 2 heterocycles. The largest absolute Gasteiger partial charge is 0.494 e. The van der Waals surface area contributed by atoms with Gasteiger partial charge in [0.15, 0.2) is 0 Å². The van der Waals surface area contributed by atoms with Gasteiger partial charge < -0.3 is 19.1 Å². The van der Waals surface area contributed by atoms with Crippen molar-refractivity contribution in [1.29, 1.82) is 0 Å². The number of nitrogens with zero attached hydrogens (tertiary/aromatic N) is 2. The molecule has 0 aromatic heterocycles. The van der Waals surface area contributed by atoms with Crippen molar-refractivity contribution in [2.45, 2.75) is 37.6 Å². The Labute approximate surface area is 164 Å². The van der Waals surface area contributed by atoms with Crippen LogP contribution in [0.15, 0.2) is 24.3 Å². The van der Waals surface area contributed by atoms with Crippen LogP contribution in [-0.4, -0.2) is 82.6 Å². The molecule has 0 bridgehead atoms.